The lowest BCUT2D eigenvalue weighted by Crippen LogP contribution is -1.97. The normalized spacial score (nSPS) is 9.65. The molecular formula is C13H9FN2O. The van der Waals surface area contributed by atoms with E-state index in [2.05, 4.69) is 15.9 Å². The van der Waals surface area contributed by atoms with E-state index < -0.39 is 0 Å². The molecule has 0 unspecified atom stereocenters. The third-order valence-corrected chi connectivity index (χ3v) is 2.10. The van der Waals surface area contributed by atoms with Gasteiger partial charge in [0.1, 0.15) is 12.1 Å². The van der Waals surface area contributed by atoms with Crippen molar-refractivity contribution < 1.29 is 9.13 Å². The van der Waals surface area contributed by atoms with E-state index in [0.717, 1.165) is 0 Å². The number of hydrogen-bond acceptors (Lipinski definition) is 3. The Kier molecular flexibility index (Phi) is 3.31. The van der Waals surface area contributed by atoms with Gasteiger partial charge in [-0.1, -0.05) is 18.1 Å². The number of aromatic nitrogens is 2. The third kappa shape index (κ3) is 2.58. The molecule has 0 radical (unpaired) electrons. The zero-order valence-electron chi connectivity index (χ0n) is 8.93. The summed E-state index contributed by atoms with van der Waals surface area (Å²) in [4.78, 5) is 7.88. The standard InChI is InChI=1S/C13H9FN2O/c1-2-7-17-13-8-12(15-9-16-13)10-5-3-4-6-11(10)14/h1,3-6,8-9H,7H2. The van der Waals surface area contributed by atoms with E-state index in [1.54, 1.807) is 24.3 Å². The molecule has 1 aromatic heterocycles. The summed E-state index contributed by atoms with van der Waals surface area (Å²) < 4.78 is 18.7. The minimum Gasteiger partial charge on any atom is -0.464 e. The van der Waals surface area contributed by atoms with E-state index >= 15 is 0 Å². The summed E-state index contributed by atoms with van der Waals surface area (Å²) in [5.74, 6) is 2.32. The van der Waals surface area contributed by atoms with Crippen LogP contribution in [-0.2, 0) is 0 Å². The van der Waals surface area contributed by atoms with E-state index in [1.165, 1.54) is 12.4 Å². The minimum atomic E-state index is -0.339. The lowest BCUT2D eigenvalue weighted by molar-refractivity contribution is 0.355. The summed E-state index contributed by atoms with van der Waals surface area (Å²) >= 11 is 0. The number of nitrogens with zero attached hydrogens (tertiary/aromatic N) is 2. The van der Waals surface area contributed by atoms with E-state index in [0.29, 0.717) is 17.1 Å². The summed E-state index contributed by atoms with van der Waals surface area (Å²) in [5.41, 5.74) is 0.866. The van der Waals surface area contributed by atoms with E-state index in [9.17, 15) is 4.39 Å². The zero-order chi connectivity index (χ0) is 12.1. The molecule has 2 aromatic rings. The summed E-state index contributed by atoms with van der Waals surface area (Å²) in [6, 6.07) is 7.93. The number of rotatable bonds is 3. The highest BCUT2D eigenvalue weighted by Crippen LogP contribution is 2.22. The fraction of sp³-hybridized carbons (Fsp3) is 0.0769. The van der Waals surface area contributed by atoms with Crippen molar-refractivity contribution >= 4 is 0 Å². The van der Waals surface area contributed by atoms with Crippen LogP contribution in [0.25, 0.3) is 11.3 Å². The van der Waals surface area contributed by atoms with Crippen molar-refractivity contribution in [2.45, 2.75) is 0 Å². The number of halogens is 1. The first-order chi connectivity index (χ1) is 8.31. The lowest BCUT2D eigenvalue weighted by Gasteiger charge is -2.04. The number of terminal acetylenes is 1. The van der Waals surface area contributed by atoms with Crippen LogP contribution in [0.1, 0.15) is 0 Å². The van der Waals surface area contributed by atoms with Gasteiger partial charge < -0.3 is 4.74 Å². The predicted octanol–water partition coefficient (Wildman–Crippen LogP) is 2.29. The molecule has 0 bridgehead atoms. The van der Waals surface area contributed by atoms with Crippen LogP contribution in [0.4, 0.5) is 4.39 Å². The Hall–Kier alpha value is -2.41. The summed E-state index contributed by atoms with van der Waals surface area (Å²) in [6.45, 7) is 0.119. The first-order valence-electron chi connectivity index (χ1n) is 4.94. The van der Waals surface area contributed by atoms with E-state index in [4.69, 9.17) is 11.2 Å². The van der Waals surface area contributed by atoms with Gasteiger partial charge in [0, 0.05) is 11.6 Å². The monoisotopic (exact) mass is 228 g/mol. The molecule has 0 saturated carbocycles. The summed E-state index contributed by atoms with van der Waals surface area (Å²) in [5, 5.41) is 0. The molecule has 1 aromatic carbocycles. The predicted molar refractivity (Wildman–Crippen MR) is 61.8 cm³/mol. The maximum Gasteiger partial charge on any atom is 0.217 e. The lowest BCUT2D eigenvalue weighted by atomic mass is 10.1. The molecule has 0 aliphatic rings. The Balaban J connectivity index is 2.34. The van der Waals surface area contributed by atoms with Crippen molar-refractivity contribution in [3.63, 3.8) is 0 Å². The molecule has 0 atom stereocenters. The van der Waals surface area contributed by atoms with Gasteiger partial charge in [-0.05, 0) is 12.1 Å². The summed E-state index contributed by atoms with van der Waals surface area (Å²) in [6.07, 6.45) is 6.38. The van der Waals surface area contributed by atoms with E-state index in [1.807, 2.05) is 0 Å². The van der Waals surface area contributed by atoms with Crippen molar-refractivity contribution in [2.24, 2.45) is 0 Å². The number of hydrogen-bond donors (Lipinski definition) is 0. The van der Waals surface area contributed by atoms with Gasteiger partial charge in [0.05, 0.1) is 5.69 Å². The van der Waals surface area contributed by atoms with Gasteiger partial charge in [-0.15, -0.1) is 6.42 Å². The zero-order valence-corrected chi connectivity index (χ0v) is 8.93. The molecule has 17 heavy (non-hydrogen) atoms. The molecular weight excluding hydrogens is 219 g/mol. The Morgan fingerprint density at radius 3 is 2.88 bits per heavy atom. The molecule has 2 rings (SSSR count). The maximum atomic E-state index is 13.5. The third-order valence-electron chi connectivity index (χ3n) is 2.10. The Morgan fingerprint density at radius 1 is 1.29 bits per heavy atom. The molecule has 0 spiro atoms. The van der Waals surface area contributed by atoms with Gasteiger partial charge >= 0.3 is 0 Å². The Morgan fingerprint density at radius 2 is 2.12 bits per heavy atom. The second-order valence-corrected chi connectivity index (χ2v) is 3.21. The van der Waals surface area contributed by atoms with Crippen molar-refractivity contribution in [3.05, 3.63) is 42.5 Å². The van der Waals surface area contributed by atoms with Crippen LogP contribution in [0.15, 0.2) is 36.7 Å². The van der Waals surface area contributed by atoms with Crippen LogP contribution in [0.2, 0.25) is 0 Å². The van der Waals surface area contributed by atoms with Gasteiger partial charge in [0.25, 0.3) is 0 Å². The fourth-order valence-electron chi connectivity index (χ4n) is 1.35. The average Bonchev–Trinajstić information content (AvgIpc) is 2.37. The van der Waals surface area contributed by atoms with Crippen molar-refractivity contribution in [2.75, 3.05) is 6.61 Å². The fourth-order valence-corrected chi connectivity index (χ4v) is 1.35. The molecule has 1 heterocycles. The van der Waals surface area contributed by atoms with Crippen LogP contribution in [0.5, 0.6) is 5.88 Å². The van der Waals surface area contributed by atoms with Crippen molar-refractivity contribution in [1.82, 2.24) is 9.97 Å². The molecule has 0 aliphatic heterocycles. The largest absolute Gasteiger partial charge is 0.464 e. The second kappa shape index (κ2) is 5.08. The van der Waals surface area contributed by atoms with Crippen molar-refractivity contribution in [1.29, 1.82) is 0 Å². The van der Waals surface area contributed by atoms with Crippen molar-refractivity contribution in [3.8, 4) is 29.5 Å². The Labute approximate surface area is 98.3 Å². The van der Waals surface area contributed by atoms with Gasteiger partial charge in [0.2, 0.25) is 5.88 Å². The Bertz CT molecular complexity index is 563. The summed E-state index contributed by atoms with van der Waals surface area (Å²) in [7, 11) is 0. The molecule has 84 valence electrons. The van der Waals surface area contributed by atoms with Crippen LogP contribution in [0, 0.1) is 18.2 Å². The molecule has 0 N–H and O–H groups in total. The number of ether oxygens (including phenoxy) is 1. The maximum absolute atomic E-state index is 13.5. The molecule has 0 amide bonds. The highest BCUT2D eigenvalue weighted by Gasteiger charge is 2.06. The number of benzene rings is 1. The quantitative estimate of drug-likeness (QED) is 0.756. The van der Waals surface area contributed by atoms with Gasteiger partial charge in [0.15, 0.2) is 6.61 Å². The molecule has 0 saturated heterocycles. The SMILES string of the molecule is C#CCOc1cc(-c2ccccc2F)ncn1. The van der Waals surface area contributed by atoms with E-state index in [-0.39, 0.29) is 12.4 Å². The highest BCUT2D eigenvalue weighted by atomic mass is 19.1. The highest BCUT2D eigenvalue weighted by molar-refractivity contribution is 5.60. The first-order valence-corrected chi connectivity index (χ1v) is 4.94. The second-order valence-electron chi connectivity index (χ2n) is 3.21. The van der Waals surface area contributed by atoms with Gasteiger partial charge in [-0.2, -0.15) is 0 Å². The van der Waals surface area contributed by atoms with Gasteiger partial charge in [-0.25, -0.2) is 14.4 Å². The molecule has 3 nitrogen and oxygen atoms in total. The smallest absolute Gasteiger partial charge is 0.217 e. The molecule has 0 aliphatic carbocycles. The first kappa shape index (κ1) is 11.1. The van der Waals surface area contributed by atoms with Gasteiger partial charge in [-0.3, -0.25) is 0 Å². The topological polar surface area (TPSA) is 35.0 Å². The average molecular weight is 228 g/mol. The van der Waals surface area contributed by atoms with Crippen LogP contribution >= 0.6 is 0 Å². The van der Waals surface area contributed by atoms with Crippen LogP contribution in [-0.4, -0.2) is 16.6 Å². The minimum absolute atomic E-state index is 0.119. The van der Waals surface area contributed by atoms with Crippen LogP contribution < -0.4 is 4.74 Å². The molecule has 0 fully saturated rings. The van der Waals surface area contributed by atoms with Crippen LogP contribution in [0.3, 0.4) is 0 Å². The molecule has 4 heteroatoms.